The summed E-state index contributed by atoms with van der Waals surface area (Å²) in [6.45, 7) is 8.14. The predicted molar refractivity (Wildman–Crippen MR) is 59.7 cm³/mol. The van der Waals surface area contributed by atoms with Gasteiger partial charge in [0.2, 0.25) is 0 Å². The van der Waals surface area contributed by atoms with Crippen LogP contribution in [0.15, 0.2) is 4.99 Å². The zero-order chi connectivity index (χ0) is 10.3. The fourth-order valence-electron chi connectivity index (χ4n) is 1.86. The van der Waals surface area contributed by atoms with Gasteiger partial charge in [0, 0.05) is 18.1 Å². The van der Waals surface area contributed by atoms with Crippen LogP contribution < -0.4 is 0 Å². The molecule has 0 radical (unpaired) electrons. The van der Waals surface area contributed by atoms with E-state index in [4.69, 9.17) is 17.0 Å². The van der Waals surface area contributed by atoms with Crippen LogP contribution in [0.2, 0.25) is 0 Å². The van der Waals surface area contributed by atoms with Gasteiger partial charge in [-0.2, -0.15) is 0 Å². The number of rotatable bonds is 1. The Morgan fingerprint density at radius 3 is 2.23 bits per heavy atom. The molecule has 1 unspecified atom stereocenters. The lowest BCUT2D eigenvalue weighted by Crippen LogP contribution is -2.30. The monoisotopic (exact) mass is 199 g/mol. The van der Waals surface area contributed by atoms with Crippen LogP contribution in [0.4, 0.5) is 0 Å². The molecule has 13 heavy (non-hydrogen) atoms. The van der Waals surface area contributed by atoms with Crippen molar-refractivity contribution >= 4 is 23.3 Å². The van der Waals surface area contributed by atoms with Crippen molar-refractivity contribution in [2.24, 2.45) is 10.9 Å². The maximum absolute atomic E-state index is 5.88. The van der Waals surface area contributed by atoms with Gasteiger partial charge in [-0.15, -0.1) is 0 Å². The Morgan fingerprint density at radius 2 is 1.92 bits per heavy atom. The van der Waals surface area contributed by atoms with Crippen molar-refractivity contribution in [3.05, 3.63) is 0 Å². The summed E-state index contributed by atoms with van der Waals surface area (Å²) in [6.07, 6.45) is 1.89. The predicted octanol–water partition coefficient (Wildman–Crippen LogP) is 2.26. The third-order valence-corrected chi connectivity index (χ3v) is 3.19. The molecular formula is C10H17NOS. The number of thiocarbonyl (C=S) groups is 1. The Kier molecular flexibility index (Phi) is 2.61. The van der Waals surface area contributed by atoms with Crippen molar-refractivity contribution in [3.63, 3.8) is 0 Å². The van der Waals surface area contributed by atoms with Crippen LogP contribution in [-0.4, -0.2) is 29.3 Å². The first-order chi connectivity index (χ1) is 5.81. The number of nitrogens with zero attached hydrogens (tertiary/aromatic N) is 1. The van der Waals surface area contributed by atoms with Crippen LogP contribution in [0.5, 0.6) is 0 Å². The highest BCUT2D eigenvalue weighted by molar-refractivity contribution is 7.80. The summed E-state index contributed by atoms with van der Waals surface area (Å²) in [7, 11) is 1.77. The molecule has 1 rings (SSSR count). The zero-order valence-corrected chi connectivity index (χ0v) is 9.73. The standard InChI is InChI=1S/C10H17NOS/c1-9(2)7(6-11-5)8(13)10(3,4)12-9/h6-7H,1-5H3. The molecule has 2 nitrogen and oxygen atoms in total. The highest BCUT2D eigenvalue weighted by atomic mass is 32.1. The lowest BCUT2D eigenvalue weighted by atomic mass is 9.88. The first-order valence-corrected chi connectivity index (χ1v) is 4.89. The van der Waals surface area contributed by atoms with E-state index in [1.54, 1.807) is 7.05 Å². The Bertz CT molecular complexity index is 256. The Morgan fingerprint density at radius 1 is 1.38 bits per heavy atom. The number of hydrogen-bond acceptors (Lipinski definition) is 3. The summed E-state index contributed by atoms with van der Waals surface area (Å²) in [5, 5.41) is 0. The lowest BCUT2D eigenvalue weighted by molar-refractivity contribution is -0.0587. The largest absolute Gasteiger partial charge is 0.363 e. The average molecular weight is 199 g/mol. The second-order valence-electron chi connectivity index (χ2n) is 4.47. The van der Waals surface area contributed by atoms with Gasteiger partial charge in [0.1, 0.15) is 0 Å². The number of aliphatic imine (C=N–C) groups is 1. The molecule has 3 heteroatoms. The van der Waals surface area contributed by atoms with E-state index in [0.29, 0.717) is 0 Å². The molecule has 0 aromatic carbocycles. The minimum Gasteiger partial charge on any atom is -0.363 e. The molecule has 0 saturated carbocycles. The molecule has 1 heterocycles. The van der Waals surface area contributed by atoms with Crippen molar-refractivity contribution in [1.29, 1.82) is 0 Å². The second kappa shape index (κ2) is 3.14. The highest BCUT2D eigenvalue weighted by Gasteiger charge is 2.49. The summed E-state index contributed by atoms with van der Waals surface area (Å²) in [5.74, 6) is 0.155. The van der Waals surface area contributed by atoms with E-state index < -0.39 is 0 Å². The van der Waals surface area contributed by atoms with E-state index in [1.165, 1.54) is 0 Å². The van der Waals surface area contributed by atoms with Crippen LogP contribution in [0, 0.1) is 5.92 Å². The Hall–Kier alpha value is -0.280. The minimum atomic E-state index is -0.301. The molecule has 0 aliphatic carbocycles. The summed E-state index contributed by atoms with van der Waals surface area (Å²) in [4.78, 5) is 4.98. The van der Waals surface area contributed by atoms with Crippen LogP contribution in [0.25, 0.3) is 0 Å². The quantitative estimate of drug-likeness (QED) is 0.477. The van der Waals surface area contributed by atoms with E-state index in [1.807, 2.05) is 20.1 Å². The fourth-order valence-corrected chi connectivity index (χ4v) is 2.24. The van der Waals surface area contributed by atoms with Crippen LogP contribution in [-0.2, 0) is 4.74 Å². The smallest absolute Gasteiger partial charge is 0.0952 e. The first-order valence-electron chi connectivity index (χ1n) is 4.48. The van der Waals surface area contributed by atoms with Crippen molar-refractivity contribution in [3.8, 4) is 0 Å². The molecule has 0 bridgehead atoms. The normalized spacial score (nSPS) is 31.5. The minimum absolute atomic E-state index is 0.155. The van der Waals surface area contributed by atoms with Crippen molar-refractivity contribution in [2.75, 3.05) is 7.05 Å². The van der Waals surface area contributed by atoms with Gasteiger partial charge in [0.15, 0.2) is 0 Å². The summed E-state index contributed by atoms with van der Waals surface area (Å²) >= 11 is 5.37. The van der Waals surface area contributed by atoms with Gasteiger partial charge < -0.3 is 9.73 Å². The Labute approximate surface area is 85.4 Å². The lowest BCUT2D eigenvalue weighted by Gasteiger charge is -2.24. The van der Waals surface area contributed by atoms with Gasteiger partial charge >= 0.3 is 0 Å². The van der Waals surface area contributed by atoms with E-state index >= 15 is 0 Å². The topological polar surface area (TPSA) is 21.6 Å². The second-order valence-corrected chi connectivity index (χ2v) is 4.90. The fraction of sp³-hybridized carbons (Fsp3) is 0.800. The number of ether oxygens (including phenoxy) is 1. The molecule has 1 atom stereocenters. The van der Waals surface area contributed by atoms with E-state index in [2.05, 4.69) is 18.8 Å². The number of hydrogen-bond donors (Lipinski definition) is 0. The molecule has 74 valence electrons. The van der Waals surface area contributed by atoms with Gasteiger partial charge in [-0.25, -0.2) is 0 Å². The zero-order valence-electron chi connectivity index (χ0n) is 8.92. The van der Waals surface area contributed by atoms with Crippen molar-refractivity contribution in [2.45, 2.75) is 38.9 Å². The highest BCUT2D eigenvalue weighted by Crippen LogP contribution is 2.39. The van der Waals surface area contributed by atoms with Gasteiger partial charge in [-0.05, 0) is 27.7 Å². The Balaban J connectivity index is 3.02. The molecule has 1 saturated heterocycles. The third kappa shape index (κ3) is 1.81. The van der Waals surface area contributed by atoms with Gasteiger partial charge in [0.25, 0.3) is 0 Å². The van der Waals surface area contributed by atoms with E-state index in [9.17, 15) is 0 Å². The summed E-state index contributed by atoms with van der Waals surface area (Å²) in [6, 6.07) is 0. The van der Waals surface area contributed by atoms with Gasteiger partial charge in [0.05, 0.1) is 17.1 Å². The molecular weight excluding hydrogens is 182 g/mol. The molecule has 0 spiro atoms. The summed E-state index contributed by atoms with van der Waals surface area (Å²) < 4.78 is 5.88. The van der Waals surface area contributed by atoms with Gasteiger partial charge in [-0.1, -0.05) is 12.2 Å². The van der Waals surface area contributed by atoms with Crippen molar-refractivity contribution < 1.29 is 4.74 Å². The third-order valence-electron chi connectivity index (χ3n) is 2.44. The van der Waals surface area contributed by atoms with Crippen molar-refractivity contribution in [1.82, 2.24) is 0 Å². The molecule has 1 aliphatic heterocycles. The SMILES string of the molecule is CN=CC1C(=S)C(C)(C)OC1(C)C. The molecule has 1 aliphatic rings. The van der Waals surface area contributed by atoms with Crippen LogP contribution in [0.1, 0.15) is 27.7 Å². The van der Waals surface area contributed by atoms with Crippen LogP contribution in [0.3, 0.4) is 0 Å². The molecule has 0 amide bonds. The first kappa shape index (κ1) is 10.8. The molecule has 1 fully saturated rings. The molecule has 0 N–H and O–H groups in total. The van der Waals surface area contributed by atoms with E-state index in [0.717, 1.165) is 4.86 Å². The molecule has 0 aromatic heterocycles. The summed E-state index contributed by atoms with van der Waals surface area (Å²) in [5.41, 5.74) is -0.523. The maximum atomic E-state index is 5.88. The maximum Gasteiger partial charge on any atom is 0.0952 e. The van der Waals surface area contributed by atoms with Gasteiger partial charge in [-0.3, -0.25) is 0 Å². The van der Waals surface area contributed by atoms with Crippen LogP contribution >= 0.6 is 12.2 Å². The average Bonchev–Trinajstić information content (AvgIpc) is 2.09. The van der Waals surface area contributed by atoms with E-state index in [-0.39, 0.29) is 17.1 Å². The molecule has 0 aromatic rings.